The van der Waals surface area contributed by atoms with Crippen molar-refractivity contribution in [1.29, 1.82) is 0 Å². The summed E-state index contributed by atoms with van der Waals surface area (Å²) in [5.41, 5.74) is 2.81. The van der Waals surface area contributed by atoms with Gasteiger partial charge in [0, 0.05) is 19.4 Å². The summed E-state index contributed by atoms with van der Waals surface area (Å²) in [6, 6.07) is 0. The summed E-state index contributed by atoms with van der Waals surface area (Å²) in [7, 11) is 0. The molecule has 0 fully saturated rings. The van der Waals surface area contributed by atoms with Gasteiger partial charge in [-0.2, -0.15) is 4.57 Å². The van der Waals surface area contributed by atoms with Crippen LogP contribution in [0.1, 0.15) is 122 Å². The number of rotatable bonds is 25. The molecule has 0 bridgehead atoms. The summed E-state index contributed by atoms with van der Waals surface area (Å²) >= 11 is 6.93. The van der Waals surface area contributed by atoms with E-state index in [1.165, 1.54) is 83.5 Å². The normalized spacial score (nSPS) is 10.8. The van der Waals surface area contributed by atoms with Gasteiger partial charge in [-0.15, -0.1) is 0 Å². The van der Waals surface area contributed by atoms with E-state index < -0.39 is 0 Å². The predicted octanol–water partition coefficient (Wildman–Crippen LogP) is 8.07. The van der Waals surface area contributed by atoms with Crippen molar-refractivity contribution in [2.24, 2.45) is 0 Å². The van der Waals surface area contributed by atoms with Gasteiger partial charge in [-0.3, -0.25) is 4.79 Å². The molecule has 0 spiro atoms. The highest BCUT2D eigenvalue weighted by Crippen LogP contribution is 2.13. The van der Waals surface area contributed by atoms with Crippen LogP contribution in [-0.2, 0) is 20.8 Å². The van der Waals surface area contributed by atoms with Crippen molar-refractivity contribution in [3.63, 3.8) is 0 Å². The zero-order valence-corrected chi connectivity index (χ0v) is 25.1. The van der Waals surface area contributed by atoms with E-state index in [9.17, 15) is 4.79 Å². The second kappa shape index (κ2) is 24.8. The third-order valence-electron chi connectivity index (χ3n) is 6.47. The third kappa shape index (κ3) is 22.2. The summed E-state index contributed by atoms with van der Waals surface area (Å²) in [5.74, 6) is -0.178. The van der Waals surface area contributed by atoms with Crippen molar-refractivity contribution in [2.45, 2.75) is 129 Å². The van der Waals surface area contributed by atoms with Gasteiger partial charge in [-0.25, -0.2) is 0 Å². The number of thiazole rings is 1. The van der Waals surface area contributed by atoms with E-state index in [1.807, 2.05) is 0 Å². The SMILES string of the molecule is C=C(COC(=O)CCCCC[n+]1ccsc1)COC(=S)NCCCCCCCCCCCCCCCC. The van der Waals surface area contributed by atoms with Crippen LogP contribution in [0, 0.1) is 0 Å². The highest BCUT2D eigenvalue weighted by Gasteiger charge is 2.07. The molecule has 212 valence electrons. The van der Waals surface area contributed by atoms with Gasteiger partial charge in [-0.1, -0.05) is 108 Å². The van der Waals surface area contributed by atoms with E-state index in [4.69, 9.17) is 21.7 Å². The molecule has 0 amide bonds. The minimum absolute atomic E-state index is 0.178. The number of nitrogens with one attached hydrogen (secondary N) is 1. The molecule has 1 N–H and O–H groups in total. The maximum atomic E-state index is 11.9. The summed E-state index contributed by atoms with van der Waals surface area (Å²) < 4.78 is 13.0. The molecule has 5 nitrogen and oxygen atoms in total. The maximum absolute atomic E-state index is 11.9. The van der Waals surface area contributed by atoms with Crippen LogP contribution in [0.2, 0.25) is 0 Å². The van der Waals surface area contributed by atoms with Crippen LogP contribution < -0.4 is 9.88 Å². The molecule has 1 aromatic rings. The molecule has 1 rings (SSSR count). The molecular formula is C30H53N2O3S2+. The number of hydrogen-bond donors (Lipinski definition) is 1. The molecule has 0 aliphatic rings. The van der Waals surface area contributed by atoms with Crippen molar-refractivity contribution in [3.8, 4) is 0 Å². The van der Waals surface area contributed by atoms with E-state index in [-0.39, 0.29) is 19.2 Å². The van der Waals surface area contributed by atoms with Crippen molar-refractivity contribution in [2.75, 3.05) is 19.8 Å². The van der Waals surface area contributed by atoms with Gasteiger partial charge < -0.3 is 14.8 Å². The average Bonchev–Trinajstić information content (AvgIpc) is 3.42. The highest BCUT2D eigenvalue weighted by atomic mass is 32.1. The smallest absolute Gasteiger partial charge is 0.306 e. The number of aromatic nitrogens is 1. The van der Waals surface area contributed by atoms with Crippen molar-refractivity contribution >= 4 is 34.7 Å². The van der Waals surface area contributed by atoms with Gasteiger partial charge in [-0.05, 0) is 37.1 Å². The van der Waals surface area contributed by atoms with E-state index in [0.717, 1.165) is 38.8 Å². The van der Waals surface area contributed by atoms with Gasteiger partial charge in [0.2, 0.25) is 5.51 Å². The molecule has 0 unspecified atom stereocenters. The number of thiocarbonyl (C=S) groups is 1. The van der Waals surface area contributed by atoms with Gasteiger partial charge in [0.05, 0.1) is 5.38 Å². The molecule has 1 aromatic heterocycles. The van der Waals surface area contributed by atoms with Crippen LogP contribution in [-0.4, -0.2) is 30.9 Å². The first-order valence-electron chi connectivity index (χ1n) is 14.8. The van der Waals surface area contributed by atoms with Crippen LogP contribution in [0.25, 0.3) is 0 Å². The molecule has 0 saturated carbocycles. The second-order valence-electron chi connectivity index (χ2n) is 10.1. The third-order valence-corrected chi connectivity index (χ3v) is 7.40. The zero-order chi connectivity index (χ0) is 26.8. The van der Waals surface area contributed by atoms with Crippen LogP contribution in [0.3, 0.4) is 0 Å². The standard InChI is InChI=1S/C30H52N2O3S2/c1-3-4-5-6-7-8-9-10-11-12-13-14-15-18-21-31-30(36)35-26-28(2)25-34-29(33)20-17-16-19-22-32-23-24-37-27-32/h23-24,27H,2-22,25-26H2,1H3/p+1. The lowest BCUT2D eigenvalue weighted by Gasteiger charge is -2.11. The molecule has 1 heterocycles. The minimum Gasteiger partial charge on any atom is -0.466 e. The molecule has 0 atom stereocenters. The average molecular weight is 554 g/mol. The van der Waals surface area contributed by atoms with Crippen molar-refractivity contribution < 1.29 is 18.8 Å². The molecule has 0 aliphatic heterocycles. The fourth-order valence-electron chi connectivity index (χ4n) is 4.15. The molecule has 0 radical (unpaired) electrons. The number of nitrogens with zero attached hydrogens (tertiary/aromatic N) is 1. The van der Waals surface area contributed by atoms with Crippen LogP contribution >= 0.6 is 23.6 Å². The number of ether oxygens (including phenoxy) is 2. The lowest BCUT2D eigenvalue weighted by Crippen LogP contribution is -2.29. The van der Waals surface area contributed by atoms with E-state index in [1.54, 1.807) is 11.3 Å². The Kier molecular flexibility index (Phi) is 22.5. The topological polar surface area (TPSA) is 51.4 Å². The fourth-order valence-corrected chi connectivity index (χ4v) is 4.94. The van der Waals surface area contributed by atoms with Gasteiger partial charge >= 0.3 is 5.97 Å². The summed E-state index contributed by atoms with van der Waals surface area (Å²) in [4.78, 5) is 11.9. The molecule has 7 heteroatoms. The van der Waals surface area contributed by atoms with Gasteiger partial charge in [0.1, 0.15) is 19.8 Å². The number of carbonyl (C=O) groups excluding carboxylic acids is 1. The monoisotopic (exact) mass is 553 g/mol. The van der Waals surface area contributed by atoms with Crippen LogP contribution in [0.15, 0.2) is 29.2 Å². The summed E-state index contributed by atoms with van der Waals surface area (Å²) in [6.45, 7) is 8.49. The quantitative estimate of drug-likeness (QED) is 0.0436. The van der Waals surface area contributed by atoms with E-state index in [0.29, 0.717) is 17.2 Å². The molecule has 0 saturated heterocycles. The Labute approximate surface area is 236 Å². The number of aryl methyl sites for hydroxylation is 1. The Morgan fingerprint density at radius 1 is 0.838 bits per heavy atom. The predicted molar refractivity (Wildman–Crippen MR) is 160 cm³/mol. The Hall–Kier alpha value is -1.47. The fraction of sp³-hybridized carbons (Fsp3) is 0.767. The first-order chi connectivity index (χ1) is 18.1. The Balaban J connectivity index is 1.82. The van der Waals surface area contributed by atoms with Crippen molar-refractivity contribution in [3.05, 3.63) is 29.2 Å². The van der Waals surface area contributed by atoms with E-state index in [2.05, 4.69) is 40.5 Å². The number of hydrogen-bond acceptors (Lipinski definition) is 5. The molecule has 0 aliphatic carbocycles. The van der Waals surface area contributed by atoms with Gasteiger partial charge in [0.15, 0.2) is 6.20 Å². The highest BCUT2D eigenvalue weighted by molar-refractivity contribution is 7.80. The number of unbranched alkanes of at least 4 members (excludes halogenated alkanes) is 15. The zero-order valence-electron chi connectivity index (χ0n) is 23.5. The number of esters is 1. The lowest BCUT2D eigenvalue weighted by atomic mass is 10.0. The Morgan fingerprint density at radius 3 is 2.00 bits per heavy atom. The van der Waals surface area contributed by atoms with E-state index >= 15 is 0 Å². The van der Waals surface area contributed by atoms with Crippen molar-refractivity contribution in [1.82, 2.24) is 5.32 Å². The second-order valence-corrected chi connectivity index (χ2v) is 11.2. The Morgan fingerprint density at radius 2 is 1.41 bits per heavy atom. The molecule has 37 heavy (non-hydrogen) atoms. The Bertz CT molecular complexity index is 695. The largest absolute Gasteiger partial charge is 0.466 e. The first-order valence-corrected chi connectivity index (χ1v) is 16.1. The molecular weight excluding hydrogens is 500 g/mol. The lowest BCUT2D eigenvalue weighted by molar-refractivity contribution is -0.692. The first kappa shape index (κ1) is 33.6. The minimum atomic E-state index is -0.178. The molecule has 0 aromatic carbocycles. The number of carbonyl (C=O) groups is 1. The van der Waals surface area contributed by atoms with Crippen LogP contribution in [0.5, 0.6) is 0 Å². The summed E-state index contributed by atoms with van der Waals surface area (Å²) in [6.07, 6.45) is 24.4. The van der Waals surface area contributed by atoms with Gasteiger partial charge in [0.25, 0.3) is 5.17 Å². The van der Waals surface area contributed by atoms with Crippen LogP contribution in [0.4, 0.5) is 0 Å². The maximum Gasteiger partial charge on any atom is 0.306 e. The summed E-state index contributed by atoms with van der Waals surface area (Å²) in [5, 5.41) is 5.62.